The molecule has 0 amide bonds. The molecule has 0 aliphatic rings. The van der Waals surface area contributed by atoms with Crippen LogP contribution in [0, 0.1) is 20.8 Å². The van der Waals surface area contributed by atoms with E-state index in [9.17, 15) is 0 Å². The van der Waals surface area contributed by atoms with Crippen molar-refractivity contribution in [2.45, 2.75) is 34.6 Å². The van der Waals surface area contributed by atoms with Gasteiger partial charge < -0.3 is 4.98 Å². The van der Waals surface area contributed by atoms with Gasteiger partial charge in [0.05, 0.1) is 39.7 Å². The number of fused-ring (bicyclic) bond motifs is 1. The highest BCUT2D eigenvalue weighted by atomic mass is 14.9. The van der Waals surface area contributed by atoms with Crippen molar-refractivity contribution < 1.29 is 0 Å². The molecule has 1 N–H and O–H groups in total. The molecular weight excluding hydrogens is 368 g/mol. The topological polar surface area (TPSA) is 53.4 Å². The fourth-order valence-corrected chi connectivity index (χ4v) is 3.81. The summed E-state index contributed by atoms with van der Waals surface area (Å²) in [4.78, 5) is 17.7. The minimum atomic E-state index is 0.873. The normalized spacial score (nSPS) is 12.6. The molecule has 0 unspecified atom stereocenters. The molecule has 4 aromatic rings. The van der Waals surface area contributed by atoms with Crippen molar-refractivity contribution in [1.82, 2.24) is 9.97 Å². The second kappa shape index (κ2) is 8.07. The van der Waals surface area contributed by atoms with Gasteiger partial charge in [0.1, 0.15) is 0 Å². The van der Waals surface area contributed by atoms with Gasteiger partial charge in [-0.3, -0.25) is 9.98 Å². The van der Waals surface area contributed by atoms with Gasteiger partial charge in [-0.25, -0.2) is 4.99 Å². The number of aliphatic imine (C=N–C) groups is 2. The molecule has 4 nitrogen and oxygen atoms in total. The average Bonchev–Trinajstić information content (AvgIpc) is 3.21. The van der Waals surface area contributed by atoms with Gasteiger partial charge in [-0.15, -0.1) is 0 Å². The molecule has 0 spiro atoms. The molecule has 4 rings (SSSR count). The highest BCUT2D eigenvalue weighted by molar-refractivity contribution is 6.04. The van der Waals surface area contributed by atoms with E-state index in [4.69, 9.17) is 9.98 Å². The summed E-state index contributed by atoms with van der Waals surface area (Å²) in [7, 11) is 0. The van der Waals surface area contributed by atoms with Gasteiger partial charge in [-0.2, -0.15) is 0 Å². The number of para-hydroxylation sites is 1. The Morgan fingerprint density at radius 1 is 0.800 bits per heavy atom. The first-order chi connectivity index (χ1) is 14.4. The van der Waals surface area contributed by atoms with Crippen LogP contribution in [0.3, 0.4) is 0 Å². The number of aromatic nitrogens is 2. The molecule has 0 fully saturated rings. The van der Waals surface area contributed by atoms with Gasteiger partial charge in [0.2, 0.25) is 0 Å². The van der Waals surface area contributed by atoms with Gasteiger partial charge in [-0.1, -0.05) is 35.9 Å². The smallest absolute Gasteiger partial charge is 0.0958 e. The molecule has 2 heterocycles. The maximum absolute atomic E-state index is 4.90. The Morgan fingerprint density at radius 2 is 1.43 bits per heavy atom. The minimum Gasteiger partial charge on any atom is -0.353 e. The monoisotopic (exact) mass is 394 g/mol. The summed E-state index contributed by atoms with van der Waals surface area (Å²) < 4.78 is 0. The second-order valence-electron chi connectivity index (χ2n) is 7.78. The van der Waals surface area contributed by atoms with Crippen molar-refractivity contribution in [2.24, 2.45) is 9.98 Å². The van der Waals surface area contributed by atoms with E-state index < -0.39 is 0 Å². The van der Waals surface area contributed by atoms with Gasteiger partial charge in [0.25, 0.3) is 0 Å². The van der Waals surface area contributed by atoms with Crippen molar-refractivity contribution >= 4 is 33.7 Å². The maximum Gasteiger partial charge on any atom is 0.0958 e. The van der Waals surface area contributed by atoms with Gasteiger partial charge in [0.15, 0.2) is 0 Å². The molecule has 0 atom stereocenters. The molecule has 4 heteroatoms. The number of hydrogen-bond donors (Lipinski definition) is 1. The van der Waals surface area contributed by atoms with E-state index in [0.29, 0.717) is 0 Å². The fourth-order valence-electron chi connectivity index (χ4n) is 3.81. The van der Waals surface area contributed by atoms with Crippen LogP contribution >= 0.6 is 0 Å². The lowest BCUT2D eigenvalue weighted by Gasteiger charge is -2.08. The first kappa shape index (κ1) is 19.8. The molecule has 0 saturated heterocycles. The third-order valence-corrected chi connectivity index (χ3v) is 5.28. The number of H-pyrrole nitrogens is 1. The number of nitrogens with one attached hydrogen (secondary N) is 1. The van der Waals surface area contributed by atoms with Gasteiger partial charge >= 0.3 is 0 Å². The fraction of sp³-hybridized carbons (Fsp3) is 0.192. The minimum absolute atomic E-state index is 0.873. The number of hydrogen-bond acceptors (Lipinski definition) is 3. The van der Waals surface area contributed by atoms with Crippen molar-refractivity contribution in [1.29, 1.82) is 0 Å². The number of aryl methyl sites for hydroxylation is 3. The van der Waals surface area contributed by atoms with Crippen LogP contribution in [0.1, 0.15) is 41.9 Å². The van der Waals surface area contributed by atoms with Crippen LogP contribution in [0.4, 0.5) is 11.4 Å². The first-order valence-electron chi connectivity index (χ1n) is 10.1. The third kappa shape index (κ3) is 3.94. The van der Waals surface area contributed by atoms with Crippen molar-refractivity contribution in [3.05, 3.63) is 88.9 Å². The van der Waals surface area contributed by atoms with Crippen LogP contribution in [-0.2, 0) is 0 Å². The Balaban J connectivity index is 1.66. The Morgan fingerprint density at radius 3 is 2.13 bits per heavy atom. The lowest BCUT2D eigenvalue weighted by atomic mass is 10.1. The van der Waals surface area contributed by atoms with E-state index in [-0.39, 0.29) is 0 Å². The first-order valence-corrected chi connectivity index (χ1v) is 10.1. The zero-order chi connectivity index (χ0) is 21.3. The van der Waals surface area contributed by atoms with E-state index in [2.05, 4.69) is 67.1 Å². The zero-order valence-corrected chi connectivity index (χ0v) is 18.1. The molecule has 0 aliphatic carbocycles. The van der Waals surface area contributed by atoms with E-state index >= 15 is 0 Å². The standard InChI is InChI=1S/C26H26N4/c1-16-14-17(2)25(18(3)15-16)29-20(5)23-12-11-22(30-23)19(4)28-24-10-6-8-21-9-7-13-27-26(21)24/h6-15,30H,1-5H3. The number of aromatic amines is 1. The summed E-state index contributed by atoms with van der Waals surface area (Å²) in [5.74, 6) is 0. The summed E-state index contributed by atoms with van der Waals surface area (Å²) >= 11 is 0. The van der Waals surface area contributed by atoms with Crippen molar-refractivity contribution in [3.8, 4) is 0 Å². The molecule has 150 valence electrons. The molecule has 0 saturated carbocycles. The summed E-state index contributed by atoms with van der Waals surface area (Å²) in [6.45, 7) is 10.4. The van der Waals surface area contributed by atoms with Crippen molar-refractivity contribution in [3.63, 3.8) is 0 Å². The Labute approximate surface area is 177 Å². The Hall–Kier alpha value is -3.53. The third-order valence-electron chi connectivity index (χ3n) is 5.28. The molecule has 2 aromatic carbocycles. The predicted octanol–water partition coefficient (Wildman–Crippen LogP) is 6.77. The Bertz CT molecular complexity index is 1260. The molecule has 0 bridgehead atoms. The van der Waals surface area contributed by atoms with Crippen LogP contribution < -0.4 is 0 Å². The quantitative estimate of drug-likeness (QED) is 0.382. The maximum atomic E-state index is 4.90. The van der Waals surface area contributed by atoms with E-state index in [1.807, 2.05) is 32.0 Å². The van der Waals surface area contributed by atoms with E-state index in [0.717, 1.165) is 45.1 Å². The molecular formula is C26H26N4. The summed E-state index contributed by atoms with van der Waals surface area (Å²) in [6.07, 6.45) is 1.80. The molecule has 2 aromatic heterocycles. The van der Waals surface area contributed by atoms with Crippen LogP contribution in [-0.4, -0.2) is 21.4 Å². The largest absolute Gasteiger partial charge is 0.353 e. The van der Waals surface area contributed by atoms with Crippen LogP contribution in [0.2, 0.25) is 0 Å². The SMILES string of the molecule is CC(=Nc1c(C)cc(C)cc1C)c1ccc(C(C)=Nc2cccc3cccnc23)[nH]1. The highest BCUT2D eigenvalue weighted by Crippen LogP contribution is 2.27. The predicted molar refractivity (Wildman–Crippen MR) is 127 cm³/mol. The molecule has 0 radical (unpaired) electrons. The lowest BCUT2D eigenvalue weighted by molar-refractivity contribution is 1.26. The summed E-state index contributed by atoms with van der Waals surface area (Å²) in [5.41, 5.74) is 10.3. The second-order valence-corrected chi connectivity index (χ2v) is 7.78. The highest BCUT2D eigenvalue weighted by Gasteiger charge is 2.08. The average molecular weight is 395 g/mol. The van der Waals surface area contributed by atoms with E-state index in [1.165, 1.54) is 16.7 Å². The summed E-state index contributed by atoms with van der Waals surface area (Å²) in [5, 5.41) is 1.09. The Kier molecular flexibility index (Phi) is 5.32. The summed E-state index contributed by atoms with van der Waals surface area (Å²) in [6, 6.07) is 18.5. The number of rotatable bonds is 4. The lowest BCUT2D eigenvalue weighted by Crippen LogP contribution is -1.99. The van der Waals surface area contributed by atoms with Crippen LogP contribution in [0.15, 0.2) is 70.8 Å². The van der Waals surface area contributed by atoms with Crippen molar-refractivity contribution in [2.75, 3.05) is 0 Å². The van der Waals surface area contributed by atoms with Gasteiger partial charge in [0, 0.05) is 11.6 Å². The molecule has 0 aliphatic heterocycles. The zero-order valence-electron chi connectivity index (χ0n) is 18.1. The number of nitrogens with zero attached hydrogens (tertiary/aromatic N) is 3. The molecule has 30 heavy (non-hydrogen) atoms. The van der Waals surface area contributed by atoms with Crippen LogP contribution in [0.25, 0.3) is 10.9 Å². The number of pyridine rings is 1. The number of benzene rings is 2. The van der Waals surface area contributed by atoms with Gasteiger partial charge in [-0.05, 0) is 70.0 Å². The van der Waals surface area contributed by atoms with Crippen LogP contribution in [0.5, 0.6) is 0 Å². The van der Waals surface area contributed by atoms with E-state index in [1.54, 1.807) is 6.20 Å².